The highest BCUT2D eigenvalue weighted by Gasteiger charge is 2.20. The van der Waals surface area contributed by atoms with E-state index >= 15 is 0 Å². The van der Waals surface area contributed by atoms with Gasteiger partial charge in [-0.1, -0.05) is 40.5 Å². The molecule has 0 bridgehead atoms. The molecule has 0 fully saturated rings. The van der Waals surface area contributed by atoms with E-state index in [9.17, 15) is 9.59 Å². The number of ketones is 1. The van der Waals surface area contributed by atoms with Crippen LogP contribution in [0.25, 0.3) is 0 Å². The Balaban J connectivity index is 0. The summed E-state index contributed by atoms with van der Waals surface area (Å²) < 4.78 is 0. The molecule has 0 aliphatic carbocycles. The number of primary amides is 1. The van der Waals surface area contributed by atoms with Crippen molar-refractivity contribution in [3.05, 3.63) is 0 Å². The molecule has 0 radical (unpaired) electrons. The summed E-state index contributed by atoms with van der Waals surface area (Å²) in [6.07, 6.45) is 3.52. The first kappa shape index (κ1) is 15.6. The summed E-state index contributed by atoms with van der Waals surface area (Å²) in [6, 6.07) is 0. The average Bonchev–Trinajstić information content (AvgIpc) is 2.21. The fourth-order valence-electron chi connectivity index (χ4n) is 1.17. The van der Waals surface area contributed by atoms with Gasteiger partial charge in [0.15, 0.2) is 0 Å². The van der Waals surface area contributed by atoms with E-state index in [4.69, 9.17) is 5.73 Å². The third kappa shape index (κ3) is 6.63. The van der Waals surface area contributed by atoms with Crippen molar-refractivity contribution >= 4 is 11.7 Å². The van der Waals surface area contributed by atoms with Crippen molar-refractivity contribution in [1.29, 1.82) is 0 Å². The van der Waals surface area contributed by atoms with E-state index in [1.807, 2.05) is 20.8 Å². The van der Waals surface area contributed by atoms with Crippen LogP contribution in [0.15, 0.2) is 0 Å². The van der Waals surface area contributed by atoms with Crippen LogP contribution in [-0.2, 0) is 9.59 Å². The molecule has 1 amide bonds. The first-order valence-corrected chi connectivity index (χ1v) is 5.47. The van der Waals surface area contributed by atoms with Gasteiger partial charge in [0.05, 0.1) is 0 Å². The number of nitrogens with two attached hydrogens (primary N) is 1. The molecule has 0 spiro atoms. The second-order valence-corrected chi connectivity index (χ2v) is 2.98. The van der Waals surface area contributed by atoms with Crippen LogP contribution < -0.4 is 5.73 Å². The minimum Gasteiger partial charge on any atom is -0.363 e. The molecule has 0 rings (SSSR count). The first-order valence-electron chi connectivity index (χ1n) is 5.47. The molecule has 84 valence electrons. The predicted molar refractivity (Wildman–Crippen MR) is 58.9 cm³/mol. The monoisotopic (exact) mass is 201 g/mol. The molecule has 0 saturated carbocycles. The molecule has 14 heavy (non-hydrogen) atoms. The van der Waals surface area contributed by atoms with Crippen LogP contribution in [0.4, 0.5) is 0 Å². The summed E-state index contributed by atoms with van der Waals surface area (Å²) in [6.45, 7) is 7.96. The van der Waals surface area contributed by atoms with Crippen molar-refractivity contribution in [2.45, 2.75) is 53.4 Å². The maximum absolute atomic E-state index is 11.1. The lowest BCUT2D eigenvalue weighted by atomic mass is 9.94. The van der Waals surface area contributed by atoms with Crippen LogP contribution in [0, 0.1) is 5.92 Å². The number of unbranched alkanes of at least 4 members (excludes halogenated alkanes) is 1. The van der Waals surface area contributed by atoms with E-state index < -0.39 is 11.7 Å². The van der Waals surface area contributed by atoms with E-state index in [0.717, 1.165) is 19.3 Å². The Morgan fingerprint density at radius 3 is 2.00 bits per heavy atom. The van der Waals surface area contributed by atoms with Gasteiger partial charge in [0.2, 0.25) is 5.78 Å². The second kappa shape index (κ2) is 10.2. The van der Waals surface area contributed by atoms with Crippen LogP contribution in [-0.4, -0.2) is 11.7 Å². The van der Waals surface area contributed by atoms with Crippen LogP contribution >= 0.6 is 0 Å². The molecule has 0 heterocycles. The zero-order valence-corrected chi connectivity index (χ0v) is 9.80. The van der Waals surface area contributed by atoms with Gasteiger partial charge in [-0.05, 0) is 12.8 Å². The molecular formula is C11H23NO2. The molecule has 0 aromatic rings. The molecule has 0 aromatic carbocycles. The number of amides is 1. The van der Waals surface area contributed by atoms with Crippen molar-refractivity contribution in [1.82, 2.24) is 0 Å². The molecule has 3 nitrogen and oxygen atoms in total. The number of rotatable bonds is 6. The minimum atomic E-state index is -0.794. The largest absolute Gasteiger partial charge is 0.363 e. The summed E-state index contributed by atoms with van der Waals surface area (Å²) in [5.41, 5.74) is 4.90. The normalized spacial score (nSPS) is 11.1. The van der Waals surface area contributed by atoms with Crippen molar-refractivity contribution < 1.29 is 9.59 Å². The van der Waals surface area contributed by atoms with Crippen LogP contribution in [0.3, 0.4) is 0 Å². The van der Waals surface area contributed by atoms with Crippen LogP contribution in [0.1, 0.15) is 53.4 Å². The highest BCUT2D eigenvalue weighted by atomic mass is 16.2. The first-order chi connectivity index (χ1) is 6.63. The quantitative estimate of drug-likeness (QED) is 0.670. The van der Waals surface area contributed by atoms with Gasteiger partial charge in [0.25, 0.3) is 5.91 Å². The zero-order valence-electron chi connectivity index (χ0n) is 9.80. The topological polar surface area (TPSA) is 60.2 Å². The van der Waals surface area contributed by atoms with E-state index in [1.54, 1.807) is 0 Å². The van der Waals surface area contributed by atoms with Gasteiger partial charge < -0.3 is 5.73 Å². The second-order valence-electron chi connectivity index (χ2n) is 2.98. The van der Waals surface area contributed by atoms with Gasteiger partial charge in [-0.25, -0.2) is 0 Å². The molecule has 0 aliphatic rings. The number of Topliss-reactive ketones (excluding diaryl/α,β-unsaturated/α-hetero) is 1. The fraction of sp³-hybridized carbons (Fsp3) is 0.818. The molecular weight excluding hydrogens is 178 g/mol. The minimum absolute atomic E-state index is 0.151. The number of hydrogen-bond donors (Lipinski definition) is 1. The average molecular weight is 201 g/mol. The Hall–Kier alpha value is -0.860. The van der Waals surface area contributed by atoms with Gasteiger partial charge in [0.1, 0.15) is 0 Å². The van der Waals surface area contributed by atoms with Gasteiger partial charge in [-0.3, -0.25) is 9.59 Å². The summed E-state index contributed by atoms with van der Waals surface area (Å²) in [7, 11) is 0. The lowest BCUT2D eigenvalue weighted by Crippen LogP contribution is -2.29. The van der Waals surface area contributed by atoms with Crippen molar-refractivity contribution in [2.75, 3.05) is 0 Å². The van der Waals surface area contributed by atoms with E-state index in [-0.39, 0.29) is 5.92 Å². The van der Waals surface area contributed by atoms with Crippen molar-refractivity contribution in [3.63, 3.8) is 0 Å². The highest BCUT2D eigenvalue weighted by molar-refractivity contribution is 6.36. The number of hydrogen-bond acceptors (Lipinski definition) is 2. The number of carbonyl (C=O) groups is 2. The van der Waals surface area contributed by atoms with Crippen LogP contribution in [0.2, 0.25) is 0 Å². The van der Waals surface area contributed by atoms with Gasteiger partial charge in [-0.15, -0.1) is 0 Å². The molecule has 0 aliphatic heterocycles. The van der Waals surface area contributed by atoms with Gasteiger partial charge in [-0.2, -0.15) is 0 Å². The smallest absolute Gasteiger partial charge is 0.285 e. The summed E-state index contributed by atoms with van der Waals surface area (Å²) in [5, 5.41) is 0. The van der Waals surface area contributed by atoms with Gasteiger partial charge >= 0.3 is 0 Å². The molecule has 2 N–H and O–H groups in total. The molecule has 0 unspecified atom stereocenters. The maximum atomic E-state index is 11.1. The zero-order chi connectivity index (χ0) is 11.6. The summed E-state index contributed by atoms with van der Waals surface area (Å²) in [5.74, 6) is -1.36. The lowest BCUT2D eigenvalue weighted by Gasteiger charge is -2.09. The third-order valence-corrected chi connectivity index (χ3v) is 2.01. The van der Waals surface area contributed by atoms with E-state index in [2.05, 4.69) is 6.92 Å². The molecule has 3 heteroatoms. The molecule has 0 aromatic heterocycles. The van der Waals surface area contributed by atoms with Crippen molar-refractivity contribution in [2.24, 2.45) is 11.7 Å². The highest BCUT2D eigenvalue weighted by Crippen LogP contribution is 2.13. The standard InChI is InChI=1S/C9H17NO2.C2H6/c1-3-5-6-7(4-2)8(11)9(10)12;1-2/h7H,3-6H2,1-2H3,(H2,10,12);1-2H3/t7-;/m0./s1. The Bertz CT molecular complexity index is 167. The van der Waals surface area contributed by atoms with Crippen molar-refractivity contribution in [3.8, 4) is 0 Å². The third-order valence-electron chi connectivity index (χ3n) is 2.01. The fourth-order valence-corrected chi connectivity index (χ4v) is 1.17. The Morgan fingerprint density at radius 1 is 1.21 bits per heavy atom. The Morgan fingerprint density at radius 2 is 1.71 bits per heavy atom. The summed E-state index contributed by atoms with van der Waals surface area (Å²) >= 11 is 0. The molecule has 0 saturated heterocycles. The lowest BCUT2D eigenvalue weighted by molar-refractivity contribution is -0.138. The van der Waals surface area contributed by atoms with E-state index in [1.165, 1.54) is 0 Å². The Labute approximate surface area is 87.1 Å². The van der Waals surface area contributed by atoms with E-state index in [0.29, 0.717) is 6.42 Å². The maximum Gasteiger partial charge on any atom is 0.285 e. The van der Waals surface area contributed by atoms with Gasteiger partial charge in [0, 0.05) is 5.92 Å². The SMILES string of the molecule is CC.CCCC[C@H](CC)C(=O)C(N)=O. The predicted octanol–water partition coefficient (Wildman–Crippen LogP) is 2.28. The van der Waals surface area contributed by atoms with Crippen LogP contribution in [0.5, 0.6) is 0 Å². The number of carbonyl (C=O) groups excluding carboxylic acids is 2. The molecule has 1 atom stereocenters. The Kier molecular flexibility index (Phi) is 11.4. The summed E-state index contributed by atoms with van der Waals surface area (Å²) in [4.78, 5) is 21.6.